The molecule has 0 radical (unpaired) electrons. The van der Waals surface area contributed by atoms with E-state index in [4.69, 9.17) is 0 Å². The molecule has 0 saturated carbocycles. The standard InChI is InChI=1S/C16H22N2O2/c1-10(2)13-5-4-8-18(13)11-6-7-12-14(9-11)17(3)16(20)15(12)19/h6-7,9-10,13,15,19H,4-5,8H2,1-3H3. The number of anilines is 2. The first-order valence-corrected chi connectivity index (χ1v) is 7.37. The first-order valence-electron chi connectivity index (χ1n) is 7.37. The van der Waals surface area contributed by atoms with Crippen molar-refractivity contribution in [2.45, 2.75) is 38.8 Å². The van der Waals surface area contributed by atoms with Gasteiger partial charge in [-0.05, 0) is 30.9 Å². The summed E-state index contributed by atoms with van der Waals surface area (Å²) in [5, 5.41) is 9.91. The van der Waals surface area contributed by atoms with Crippen LogP contribution in [0.1, 0.15) is 38.4 Å². The highest BCUT2D eigenvalue weighted by Crippen LogP contribution is 2.39. The summed E-state index contributed by atoms with van der Waals surface area (Å²) in [6, 6.07) is 6.55. The summed E-state index contributed by atoms with van der Waals surface area (Å²) >= 11 is 0. The van der Waals surface area contributed by atoms with Crippen LogP contribution in [0.25, 0.3) is 0 Å². The highest BCUT2D eigenvalue weighted by atomic mass is 16.3. The van der Waals surface area contributed by atoms with Crippen LogP contribution in [0.4, 0.5) is 11.4 Å². The van der Waals surface area contributed by atoms with Crippen LogP contribution in [-0.4, -0.2) is 30.6 Å². The van der Waals surface area contributed by atoms with Gasteiger partial charge in [0.05, 0.1) is 5.69 Å². The van der Waals surface area contributed by atoms with Gasteiger partial charge in [-0.1, -0.05) is 19.9 Å². The summed E-state index contributed by atoms with van der Waals surface area (Å²) in [6.07, 6.45) is 1.45. The third kappa shape index (κ3) is 1.90. The molecule has 2 unspecified atom stereocenters. The summed E-state index contributed by atoms with van der Waals surface area (Å²) in [6.45, 7) is 5.59. The quantitative estimate of drug-likeness (QED) is 0.900. The molecule has 20 heavy (non-hydrogen) atoms. The van der Waals surface area contributed by atoms with Gasteiger partial charge in [-0.3, -0.25) is 4.79 Å². The number of likely N-dealkylation sites (N-methyl/N-ethyl adjacent to an activating group) is 1. The number of nitrogens with zero attached hydrogens (tertiary/aromatic N) is 2. The molecule has 2 atom stereocenters. The van der Waals surface area contributed by atoms with E-state index in [1.807, 2.05) is 18.2 Å². The normalized spacial score (nSPS) is 25.8. The molecular weight excluding hydrogens is 252 g/mol. The summed E-state index contributed by atoms with van der Waals surface area (Å²) in [7, 11) is 1.73. The lowest BCUT2D eigenvalue weighted by atomic mass is 10.0. The zero-order valence-corrected chi connectivity index (χ0v) is 12.3. The number of amides is 1. The number of aliphatic hydroxyl groups is 1. The molecule has 0 aromatic heterocycles. The maximum absolute atomic E-state index is 11.8. The predicted molar refractivity (Wildman–Crippen MR) is 80.0 cm³/mol. The zero-order valence-electron chi connectivity index (χ0n) is 12.3. The largest absolute Gasteiger partial charge is 0.378 e. The Morgan fingerprint density at radius 3 is 2.80 bits per heavy atom. The van der Waals surface area contributed by atoms with Gasteiger partial charge in [-0.15, -0.1) is 0 Å². The van der Waals surface area contributed by atoms with Crippen LogP contribution < -0.4 is 9.80 Å². The van der Waals surface area contributed by atoms with Gasteiger partial charge < -0.3 is 14.9 Å². The summed E-state index contributed by atoms with van der Waals surface area (Å²) in [4.78, 5) is 15.8. The Labute approximate surface area is 120 Å². The average molecular weight is 274 g/mol. The van der Waals surface area contributed by atoms with E-state index < -0.39 is 6.10 Å². The minimum absolute atomic E-state index is 0.237. The molecule has 2 aliphatic rings. The molecule has 1 amide bonds. The van der Waals surface area contributed by atoms with Gasteiger partial charge in [-0.25, -0.2) is 0 Å². The van der Waals surface area contributed by atoms with Gasteiger partial charge >= 0.3 is 0 Å². The highest BCUT2D eigenvalue weighted by molar-refractivity contribution is 6.03. The second-order valence-corrected chi connectivity index (χ2v) is 6.19. The molecule has 4 nitrogen and oxygen atoms in total. The first-order chi connectivity index (χ1) is 9.50. The van der Waals surface area contributed by atoms with E-state index in [1.165, 1.54) is 12.8 Å². The molecule has 2 heterocycles. The van der Waals surface area contributed by atoms with Gasteiger partial charge in [0.25, 0.3) is 5.91 Å². The van der Waals surface area contributed by atoms with Crippen molar-refractivity contribution in [3.63, 3.8) is 0 Å². The highest BCUT2D eigenvalue weighted by Gasteiger charge is 2.35. The topological polar surface area (TPSA) is 43.8 Å². The molecule has 3 rings (SSSR count). The summed E-state index contributed by atoms with van der Waals surface area (Å²) in [5.41, 5.74) is 2.73. The van der Waals surface area contributed by atoms with E-state index in [0.717, 1.165) is 23.5 Å². The molecule has 0 spiro atoms. The fourth-order valence-electron chi connectivity index (χ4n) is 3.47. The lowest BCUT2D eigenvalue weighted by Crippen LogP contribution is -2.33. The SMILES string of the molecule is CC(C)C1CCCN1c1ccc2c(c1)N(C)C(=O)C2O. The number of hydrogen-bond acceptors (Lipinski definition) is 3. The van der Waals surface area contributed by atoms with Gasteiger partial charge in [0.2, 0.25) is 0 Å². The number of carbonyl (C=O) groups excluding carboxylic acids is 1. The van der Waals surface area contributed by atoms with Gasteiger partial charge in [0.1, 0.15) is 0 Å². The number of benzene rings is 1. The number of hydrogen-bond donors (Lipinski definition) is 1. The molecule has 1 N–H and O–H groups in total. The smallest absolute Gasteiger partial charge is 0.260 e. The van der Waals surface area contributed by atoms with Crippen LogP contribution in [0, 0.1) is 5.92 Å². The Balaban J connectivity index is 1.96. The molecule has 0 aliphatic carbocycles. The first kappa shape index (κ1) is 13.4. The van der Waals surface area contributed by atoms with E-state index in [0.29, 0.717) is 12.0 Å². The van der Waals surface area contributed by atoms with E-state index in [-0.39, 0.29) is 5.91 Å². The fraction of sp³-hybridized carbons (Fsp3) is 0.562. The third-order valence-electron chi connectivity index (χ3n) is 4.63. The lowest BCUT2D eigenvalue weighted by Gasteiger charge is -2.30. The van der Waals surface area contributed by atoms with E-state index >= 15 is 0 Å². The second kappa shape index (κ2) is 4.77. The molecule has 2 aliphatic heterocycles. The second-order valence-electron chi connectivity index (χ2n) is 6.19. The molecule has 1 aromatic rings. The van der Waals surface area contributed by atoms with Crippen molar-refractivity contribution < 1.29 is 9.90 Å². The Morgan fingerprint density at radius 2 is 2.10 bits per heavy atom. The van der Waals surface area contributed by atoms with Crippen molar-refractivity contribution in [3.05, 3.63) is 23.8 Å². The van der Waals surface area contributed by atoms with E-state index in [2.05, 4.69) is 18.7 Å². The number of carbonyl (C=O) groups is 1. The van der Waals surface area contributed by atoms with Crippen LogP contribution in [0.2, 0.25) is 0 Å². The van der Waals surface area contributed by atoms with Crippen molar-refractivity contribution in [2.75, 3.05) is 23.4 Å². The van der Waals surface area contributed by atoms with Crippen LogP contribution in [0.5, 0.6) is 0 Å². The molecule has 0 bridgehead atoms. The van der Waals surface area contributed by atoms with Crippen LogP contribution in [0.15, 0.2) is 18.2 Å². The monoisotopic (exact) mass is 274 g/mol. The summed E-state index contributed by atoms with van der Waals surface area (Å²) < 4.78 is 0. The molecule has 1 aromatic carbocycles. The summed E-state index contributed by atoms with van der Waals surface area (Å²) in [5.74, 6) is 0.384. The third-order valence-corrected chi connectivity index (χ3v) is 4.63. The minimum atomic E-state index is -0.997. The maximum Gasteiger partial charge on any atom is 0.260 e. The van der Waals surface area contributed by atoms with Crippen LogP contribution in [0.3, 0.4) is 0 Å². The van der Waals surface area contributed by atoms with Crippen molar-refractivity contribution in [1.82, 2.24) is 0 Å². The minimum Gasteiger partial charge on any atom is -0.378 e. The van der Waals surface area contributed by atoms with E-state index in [1.54, 1.807) is 11.9 Å². The molecule has 1 saturated heterocycles. The van der Waals surface area contributed by atoms with Crippen LogP contribution >= 0.6 is 0 Å². The molecular formula is C16H22N2O2. The average Bonchev–Trinajstić information content (AvgIpc) is 3.00. The van der Waals surface area contributed by atoms with Gasteiger partial charge in [-0.2, -0.15) is 0 Å². The van der Waals surface area contributed by atoms with Gasteiger partial charge in [0.15, 0.2) is 6.10 Å². The fourth-order valence-corrected chi connectivity index (χ4v) is 3.47. The number of aliphatic hydroxyl groups excluding tert-OH is 1. The van der Waals surface area contributed by atoms with Crippen molar-refractivity contribution in [3.8, 4) is 0 Å². The Kier molecular flexibility index (Phi) is 3.21. The Hall–Kier alpha value is -1.55. The Morgan fingerprint density at radius 1 is 1.35 bits per heavy atom. The maximum atomic E-state index is 11.8. The Bertz CT molecular complexity index is 541. The van der Waals surface area contributed by atoms with Gasteiger partial charge in [0, 0.05) is 30.9 Å². The lowest BCUT2D eigenvalue weighted by molar-refractivity contribution is -0.125. The van der Waals surface area contributed by atoms with Crippen molar-refractivity contribution in [2.24, 2.45) is 5.92 Å². The molecule has 4 heteroatoms. The zero-order chi connectivity index (χ0) is 14.4. The van der Waals surface area contributed by atoms with E-state index in [9.17, 15) is 9.90 Å². The predicted octanol–water partition coefficient (Wildman–Crippen LogP) is 2.32. The number of fused-ring (bicyclic) bond motifs is 1. The number of rotatable bonds is 2. The molecule has 1 fully saturated rings. The van der Waals surface area contributed by atoms with Crippen molar-refractivity contribution >= 4 is 17.3 Å². The van der Waals surface area contributed by atoms with Crippen molar-refractivity contribution in [1.29, 1.82) is 0 Å². The van der Waals surface area contributed by atoms with Crippen LogP contribution in [-0.2, 0) is 4.79 Å². The molecule has 108 valence electrons.